The second-order valence-corrected chi connectivity index (χ2v) is 10.3. The third-order valence-electron chi connectivity index (χ3n) is 7.74. The van der Waals surface area contributed by atoms with E-state index in [1.165, 1.54) is 0 Å². The Morgan fingerprint density at radius 1 is 1.18 bits per heavy atom. The zero-order valence-corrected chi connectivity index (χ0v) is 22.1. The van der Waals surface area contributed by atoms with E-state index in [1.807, 2.05) is 6.92 Å². The molecule has 10 heteroatoms. The van der Waals surface area contributed by atoms with Crippen molar-refractivity contribution in [1.29, 1.82) is 0 Å². The van der Waals surface area contributed by atoms with Crippen molar-refractivity contribution >= 4 is 22.6 Å². The first-order chi connectivity index (χ1) is 18.6. The van der Waals surface area contributed by atoms with Gasteiger partial charge in [0.1, 0.15) is 11.9 Å². The van der Waals surface area contributed by atoms with Crippen LogP contribution in [0.15, 0.2) is 36.5 Å². The number of halogens is 4. The van der Waals surface area contributed by atoms with Crippen LogP contribution in [0.1, 0.15) is 49.4 Å². The number of nitrogens with one attached hydrogen (secondary N) is 1. The number of carboxylic acids is 1. The number of carboxylic acid groups (broad SMARTS) is 1. The highest BCUT2D eigenvalue weighted by Crippen LogP contribution is 2.43. The third-order valence-corrected chi connectivity index (χ3v) is 7.74. The first-order valence-corrected chi connectivity index (χ1v) is 13.0. The van der Waals surface area contributed by atoms with Crippen molar-refractivity contribution in [3.05, 3.63) is 65.1 Å². The molecule has 1 atom stereocenters. The average Bonchev–Trinajstić information content (AvgIpc) is 2.90. The minimum Gasteiger partial charge on any atom is -0.497 e. The van der Waals surface area contributed by atoms with E-state index in [-0.39, 0.29) is 18.5 Å². The van der Waals surface area contributed by atoms with Gasteiger partial charge >= 0.3 is 5.97 Å². The van der Waals surface area contributed by atoms with Crippen LogP contribution in [0.3, 0.4) is 0 Å². The lowest BCUT2D eigenvalue weighted by atomic mass is 9.71. The maximum atomic E-state index is 15.8. The average molecular weight is 548 g/mol. The molecule has 1 fully saturated rings. The van der Waals surface area contributed by atoms with Gasteiger partial charge in [0.05, 0.1) is 19.0 Å². The minimum atomic E-state index is -1.51. The standard InChI is InChI=1S/C29H33F4N3O3/c1-18-17-35-25-4-3-20(39-2)15-21(25)27(18)22(30)5-6-29(16-26(37)38)7-10-36(11-8-29)12-9-34-19-13-23(31)28(33)24(32)14-19/h3-4,13-15,17,22,34H,5-12,16H2,1-2H3,(H,37,38)/t22-/m0/s1. The van der Waals surface area contributed by atoms with Gasteiger partial charge in [0, 0.05) is 42.5 Å². The molecule has 6 nitrogen and oxygen atoms in total. The molecule has 1 saturated heterocycles. The number of benzene rings is 2. The molecule has 1 aromatic heterocycles. The Bertz CT molecular complexity index is 1310. The monoisotopic (exact) mass is 547 g/mol. The van der Waals surface area contributed by atoms with Crippen LogP contribution in [0.2, 0.25) is 0 Å². The highest BCUT2D eigenvalue weighted by molar-refractivity contribution is 5.85. The maximum absolute atomic E-state index is 15.8. The lowest BCUT2D eigenvalue weighted by Crippen LogP contribution is -2.43. The van der Waals surface area contributed by atoms with Crippen LogP contribution in [0.5, 0.6) is 5.75 Å². The Morgan fingerprint density at radius 2 is 1.87 bits per heavy atom. The zero-order valence-electron chi connectivity index (χ0n) is 22.1. The Kier molecular flexibility index (Phi) is 8.94. The highest BCUT2D eigenvalue weighted by Gasteiger charge is 2.37. The molecule has 2 heterocycles. The van der Waals surface area contributed by atoms with E-state index in [9.17, 15) is 23.1 Å². The van der Waals surface area contributed by atoms with E-state index in [2.05, 4.69) is 15.2 Å². The largest absolute Gasteiger partial charge is 0.497 e. The number of hydrogen-bond donors (Lipinski definition) is 2. The number of carbonyl (C=O) groups is 1. The van der Waals surface area contributed by atoms with Gasteiger partial charge in [0.25, 0.3) is 0 Å². The topological polar surface area (TPSA) is 74.7 Å². The number of ether oxygens (including phenoxy) is 1. The van der Waals surface area contributed by atoms with Crippen molar-refractivity contribution < 1.29 is 32.2 Å². The van der Waals surface area contributed by atoms with Gasteiger partial charge < -0.3 is 20.1 Å². The number of aliphatic carboxylic acids is 1. The number of methoxy groups -OCH3 is 1. The number of piperidine rings is 1. The molecule has 1 aliphatic heterocycles. The molecule has 0 bridgehead atoms. The van der Waals surface area contributed by atoms with Gasteiger partial charge in [-0.15, -0.1) is 0 Å². The summed E-state index contributed by atoms with van der Waals surface area (Å²) in [6.45, 7) is 3.99. The molecule has 0 radical (unpaired) electrons. The normalized spacial score (nSPS) is 16.3. The van der Waals surface area contributed by atoms with Gasteiger partial charge in [-0.3, -0.25) is 9.78 Å². The summed E-state index contributed by atoms with van der Waals surface area (Å²) in [5.41, 5.74) is 1.58. The van der Waals surface area contributed by atoms with Crippen LogP contribution in [0.25, 0.3) is 10.9 Å². The molecule has 4 rings (SSSR count). The van der Waals surface area contributed by atoms with Crippen LogP contribution in [0.4, 0.5) is 23.2 Å². The van der Waals surface area contributed by atoms with Gasteiger partial charge in [0.15, 0.2) is 17.5 Å². The summed E-state index contributed by atoms with van der Waals surface area (Å²) in [4.78, 5) is 18.3. The van der Waals surface area contributed by atoms with Crippen molar-refractivity contribution in [2.45, 2.75) is 45.2 Å². The Balaban J connectivity index is 1.38. The quantitative estimate of drug-likeness (QED) is 0.213. The van der Waals surface area contributed by atoms with Gasteiger partial charge in [0.2, 0.25) is 0 Å². The molecule has 3 aromatic rings. The van der Waals surface area contributed by atoms with E-state index in [0.717, 1.165) is 17.7 Å². The van der Waals surface area contributed by atoms with Gasteiger partial charge in [-0.2, -0.15) is 0 Å². The van der Waals surface area contributed by atoms with Crippen molar-refractivity contribution in [3.63, 3.8) is 0 Å². The van der Waals surface area contributed by atoms with E-state index in [1.54, 1.807) is 31.5 Å². The first kappa shape index (κ1) is 28.6. The summed E-state index contributed by atoms with van der Waals surface area (Å²) in [5.74, 6) is -4.31. The van der Waals surface area contributed by atoms with E-state index in [4.69, 9.17) is 4.74 Å². The van der Waals surface area contributed by atoms with Crippen LogP contribution >= 0.6 is 0 Å². The first-order valence-electron chi connectivity index (χ1n) is 13.0. The summed E-state index contributed by atoms with van der Waals surface area (Å²) < 4.78 is 61.1. The molecular formula is C29H33F4N3O3. The molecule has 0 saturated carbocycles. The second kappa shape index (κ2) is 12.2. The number of alkyl halides is 1. The highest BCUT2D eigenvalue weighted by atomic mass is 19.2. The summed E-state index contributed by atoms with van der Waals surface area (Å²) >= 11 is 0. The predicted molar refractivity (Wildman–Crippen MR) is 141 cm³/mol. The maximum Gasteiger partial charge on any atom is 0.303 e. The van der Waals surface area contributed by atoms with Crippen molar-refractivity contribution in [2.75, 3.05) is 38.6 Å². The third kappa shape index (κ3) is 6.79. The molecule has 0 amide bonds. The van der Waals surface area contributed by atoms with Crippen molar-refractivity contribution in [1.82, 2.24) is 9.88 Å². The number of anilines is 1. The van der Waals surface area contributed by atoms with Crippen LogP contribution in [-0.2, 0) is 4.79 Å². The summed E-state index contributed by atoms with van der Waals surface area (Å²) in [5, 5.41) is 13.2. The number of pyridine rings is 1. The van der Waals surface area contributed by atoms with Gasteiger partial charge in [-0.25, -0.2) is 17.6 Å². The lowest BCUT2D eigenvalue weighted by Gasteiger charge is -2.41. The predicted octanol–water partition coefficient (Wildman–Crippen LogP) is 6.43. The van der Waals surface area contributed by atoms with Crippen LogP contribution < -0.4 is 10.1 Å². The minimum absolute atomic E-state index is 0.0379. The number of aryl methyl sites for hydroxylation is 1. The van der Waals surface area contributed by atoms with E-state index < -0.39 is 35.0 Å². The van der Waals surface area contributed by atoms with Crippen molar-refractivity contribution in [3.8, 4) is 5.75 Å². The molecule has 1 aliphatic rings. The second-order valence-electron chi connectivity index (χ2n) is 10.3. The molecule has 210 valence electrons. The number of fused-ring (bicyclic) bond motifs is 1. The number of aromatic nitrogens is 1. The fourth-order valence-electron chi connectivity index (χ4n) is 5.51. The number of hydrogen-bond acceptors (Lipinski definition) is 5. The molecular weight excluding hydrogens is 514 g/mol. The molecule has 0 aliphatic carbocycles. The molecule has 0 spiro atoms. The molecule has 2 aromatic carbocycles. The smallest absolute Gasteiger partial charge is 0.303 e. The zero-order chi connectivity index (χ0) is 28.2. The Morgan fingerprint density at radius 3 is 2.51 bits per heavy atom. The number of rotatable bonds is 11. The Labute approximate surface area is 225 Å². The van der Waals surface area contributed by atoms with E-state index >= 15 is 4.39 Å². The van der Waals surface area contributed by atoms with Crippen molar-refractivity contribution in [2.24, 2.45) is 5.41 Å². The Hall–Kier alpha value is -3.40. The van der Waals surface area contributed by atoms with Gasteiger partial charge in [-0.1, -0.05) is 0 Å². The SMILES string of the molecule is COc1ccc2ncc(C)c([C@@H](F)CCC3(CC(=O)O)CCN(CCNc4cc(F)c(F)c(F)c4)CC3)c2c1. The molecule has 0 unspecified atom stereocenters. The number of likely N-dealkylation sites (tertiary alicyclic amines) is 1. The van der Waals surface area contributed by atoms with Crippen LogP contribution in [-0.4, -0.2) is 54.2 Å². The molecule has 2 N–H and O–H groups in total. The summed E-state index contributed by atoms with van der Waals surface area (Å²) in [6, 6.07) is 7.17. The summed E-state index contributed by atoms with van der Waals surface area (Å²) in [6.07, 6.45) is 2.13. The fraction of sp³-hybridized carbons (Fsp3) is 0.448. The van der Waals surface area contributed by atoms with Crippen LogP contribution in [0, 0.1) is 29.8 Å². The lowest BCUT2D eigenvalue weighted by molar-refractivity contribution is -0.141. The van der Waals surface area contributed by atoms with Gasteiger partial charge in [-0.05, 0) is 80.4 Å². The summed E-state index contributed by atoms with van der Waals surface area (Å²) in [7, 11) is 1.55. The molecule has 39 heavy (non-hydrogen) atoms. The number of nitrogens with zero attached hydrogens (tertiary/aromatic N) is 2. The fourth-order valence-corrected chi connectivity index (χ4v) is 5.51. The van der Waals surface area contributed by atoms with E-state index in [0.29, 0.717) is 67.7 Å².